The Morgan fingerprint density at radius 2 is 2.17 bits per heavy atom. The second kappa shape index (κ2) is 5.73. The Morgan fingerprint density at radius 3 is 2.67 bits per heavy atom. The number of phenolic OH excluding ortho intramolecular Hbond substituents is 1. The number of carbonyl (C=O) groups is 1. The van der Waals surface area contributed by atoms with Crippen LogP contribution in [-0.4, -0.2) is 37.1 Å². The number of hydrogen-bond donors (Lipinski definition) is 1. The minimum absolute atomic E-state index is 0.00657. The van der Waals surface area contributed by atoms with Crippen LogP contribution in [-0.2, 0) is 4.79 Å². The van der Waals surface area contributed by atoms with Crippen molar-refractivity contribution in [2.75, 3.05) is 21.2 Å². The number of phenols is 1. The van der Waals surface area contributed by atoms with Gasteiger partial charge in [0.1, 0.15) is 11.6 Å². The summed E-state index contributed by atoms with van der Waals surface area (Å²) in [4.78, 5) is 13.0. The predicted octanol–water partition coefficient (Wildman–Crippen LogP) is 1.40. The molecule has 1 aromatic rings. The van der Waals surface area contributed by atoms with E-state index in [1.807, 2.05) is 6.07 Å². The molecule has 0 fully saturated rings. The molecule has 1 N–H and O–H groups in total. The number of carbonyl (C=O) groups excluding carboxylic acids is 1. The Morgan fingerprint density at radius 1 is 1.50 bits per heavy atom. The molecule has 0 aromatic heterocycles. The molecule has 0 atom stereocenters. The van der Waals surface area contributed by atoms with Crippen molar-refractivity contribution in [3.63, 3.8) is 0 Å². The standard InChI is InChI=1S/C13H14N2O3/c1-15(2)13(17)10(8-14)6-9-4-5-11(16)12(7-9)18-3/h4-7,16H,1-3H3/b10-6-. The van der Waals surface area contributed by atoms with Crippen molar-refractivity contribution in [1.29, 1.82) is 5.26 Å². The van der Waals surface area contributed by atoms with Gasteiger partial charge in [-0.25, -0.2) is 0 Å². The monoisotopic (exact) mass is 246 g/mol. The van der Waals surface area contributed by atoms with Crippen LogP contribution in [0.25, 0.3) is 6.08 Å². The second-order valence-electron chi connectivity index (χ2n) is 3.80. The number of nitriles is 1. The molecule has 94 valence electrons. The molecule has 0 spiro atoms. The molecule has 0 aliphatic carbocycles. The number of rotatable bonds is 3. The number of aromatic hydroxyl groups is 1. The Labute approximate surface area is 106 Å². The van der Waals surface area contributed by atoms with Gasteiger partial charge in [0.2, 0.25) is 0 Å². The first-order valence-electron chi connectivity index (χ1n) is 5.20. The van der Waals surface area contributed by atoms with Gasteiger partial charge in [-0.1, -0.05) is 6.07 Å². The number of benzene rings is 1. The molecule has 5 nitrogen and oxygen atoms in total. The van der Waals surface area contributed by atoms with Crippen LogP contribution in [0.2, 0.25) is 0 Å². The van der Waals surface area contributed by atoms with Gasteiger partial charge in [0.05, 0.1) is 7.11 Å². The molecular weight excluding hydrogens is 232 g/mol. The average Bonchev–Trinajstić information content (AvgIpc) is 2.36. The van der Waals surface area contributed by atoms with Gasteiger partial charge in [0.15, 0.2) is 11.5 Å². The van der Waals surface area contributed by atoms with E-state index in [9.17, 15) is 9.90 Å². The van der Waals surface area contributed by atoms with E-state index < -0.39 is 0 Å². The highest BCUT2D eigenvalue weighted by Gasteiger charge is 2.11. The number of methoxy groups -OCH3 is 1. The van der Waals surface area contributed by atoms with Crippen molar-refractivity contribution < 1.29 is 14.6 Å². The fourth-order valence-electron chi connectivity index (χ4n) is 1.33. The minimum atomic E-state index is -0.371. The number of hydrogen-bond acceptors (Lipinski definition) is 4. The third kappa shape index (κ3) is 3.01. The van der Waals surface area contributed by atoms with Crippen LogP contribution < -0.4 is 4.74 Å². The van der Waals surface area contributed by atoms with Gasteiger partial charge in [-0.15, -0.1) is 0 Å². The summed E-state index contributed by atoms with van der Waals surface area (Å²) in [7, 11) is 4.58. The summed E-state index contributed by atoms with van der Waals surface area (Å²) >= 11 is 0. The summed E-state index contributed by atoms with van der Waals surface area (Å²) in [6.07, 6.45) is 1.45. The van der Waals surface area contributed by atoms with Gasteiger partial charge in [0.25, 0.3) is 5.91 Å². The lowest BCUT2D eigenvalue weighted by Crippen LogP contribution is -2.22. The molecule has 0 unspecified atom stereocenters. The number of nitrogens with zero attached hydrogens (tertiary/aromatic N) is 2. The number of amides is 1. The molecule has 1 aromatic carbocycles. The van der Waals surface area contributed by atoms with E-state index in [1.54, 1.807) is 26.2 Å². The van der Waals surface area contributed by atoms with Crippen molar-refractivity contribution in [2.45, 2.75) is 0 Å². The molecular formula is C13H14N2O3. The van der Waals surface area contributed by atoms with Gasteiger partial charge in [0, 0.05) is 14.1 Å². The normalized spacial score (nSPS) is 10.7. The summed E-state index contributed by atoms with van der Waals surface area (Å²) in [5.41, 5.74) is 0.629. The Balaban J connectivity index is 3.15. The summed E-state index contributed by atoms with van der Waals surface area (Å²) in [6.45, 7) is 0. The molecule has 0 aliphatic heterocycles. The van der Waals surface area contributed by atoms with Crippen LogP contribution in [0, 0.1) is 11.3 Å². The van der Waals surface area contributed by atoms with Crippen molar-refractivity contribution in [3.05, 3.63) is 29.3 Å². The van der Waals surface area contributed by atoms with E-state index in [0.717, 1.165) is 0 Å². The van der Waals surface area contributed by atoms with Crippen LogP contribution in [0.3, 0.4) is 0 Å². The summed E-state index contributed by atoms with van der Waals surface area (Å²) in [5.74, 6) is -0.0741. The van der Waals surface area contributed by atoms with E-state index in [-0.39, 0.29) is 17.2 Å². The van der Waals surface area contributed by atoms with Crippen molar-refractivity contribution in [3.8, 4) is 17.6 Å². The first-order valence-corrected chi connectivity index (χ1v) is 5.20. The lowest BCUT2D eigenvalue weighted by atomic mass is 10.1. The van der Waals surface area contributed by atoms with Crippen molar-refractivity contribution in [2.24, 2.45) is 0 Å². The smallest absolute Gasteiger partial charge is 0.264 e. The molecule has 0 bridgehead atoms. The molecule has 0 radical (unpaired) electrons. The van der Waals surface area contributed by atoms with E-state index in [4.69, 9.17) is 10.00 Å². The molecule has 0 saturated heterocycles. The largest absolute Gasteiger partial charge is 0.504 e. The lowest BCUT2D eigenvalue weighted by Gasteiger charge is -2.09. The third-order valence-corrected chi connectivity index (χ3v) is 2.27. The van der Waals surface area contributed by atoms with Gasteiger partial charge < -0.3 is 14.7 Å². The van der Waals surface area contributed by atoms with Crippen LogP contribution in [0.15, 0.2) is 23.8 Å². The van der Waals surface area contributed by atoms with E-state index >= 15 is 0 Å². The minimum Gasteiger partial charge on any atom is -0.504 e. The van der Waals surface area contributed by atoms with E-state index in [2.05, 4.69) is 0 Å². The van der Waals surface area contributed by atoms with Crippen molar-refractivity contribution >= 4 is 12.0 Å². The van der Waals surface area contributed by atoms with Gasteiger partial charge in [-0.2, -0.15) is 5.26 Å². The topological polar surface area (TPSA) is 73.6 Å². The zero-order chi connectivity index (χ0) is 13.7. The van der Waals surface area contributed by atoms with Gasteiger partial charge in [-0.3, -0.25) is 4.79 Å². The summed E-state index contributed by atoms with van der Waals surface area (Å²) in [5, 5.41) is 18.4. The second-order valence-corrected chi connectivity index (χ2v) is 3.80. The zero-order valence-corrected chi connectivity index (χ0v) is 10.5. The maximum Gasteiger partial charge on any atom is 0.264 e. The first kappa shape index (κ1) is 13.6. The predicted molar refractivity (Wildman–Crippen MR) is 66.9 cm³/mol. The molecule has 0 aliphatic rings. The molecule has 18 heavy (non-hydrogen) atoms. The van der Waals surface area contributed by atoms with Crippen LogP contribution in [0.4, 0.5) is 0 Å². The summed E-state index contributed by atoms with van der Waals surface area (Å²) < 4.78 is 4.95. The maximum atomic E-state index is 11.7. The SMILES string of the molecule is COc1cc(/C=C(/C#N)C(=O)N(C)C)ccc1O. The highest BCUT2D eigenvalue weighted by Crippen LogP contribution is 2.27. The molecule has 0 heterocycles. The average molecular weight is 246 g/mol. The van der Waals surface area contributed by atoms with Crippen LogP contribution in [0.1, 0.15) is 5.56 Å². The first-order chi connectivity index (χ1) is 8.49. The van der Waals surface area contributed by atoms with Crippen molar-refractivity contribution in [1.82, 2.24) is 4.90 Å². The van der Waals surface area contributed by atoms with E-state index in [1.165, 1.54) is 24.2 Å². The lowest BCUT2D eigenvalue weighted by molar-refractivity contribution is -0.124. The maximum absolute atomic E-state index is 11.7. The Bertz CT molecular complexity index is 528. The molecule has 1 amide bonds. The molecule has 5 heteroatoms. The fourth-order valence-corrected chi connectivity index (χ4v) is 1.33. The van der Waals surface area contributed by atoms with E-state index in [0.29, 0.717) is 11.3 Å². The summed E-state index contributed by atoms with van der Waals surface area (Å²) in [6, 6.07) is 6.44. The van der Waals surface area contributed by atoms with Gasteiger partial charge >= 0.3 is 0 Å². The van der Waals surface area contributed by atoms with Gasteiger partial charge in [-0.05, 0) is 23.8 Å². The molecule has 1 rings (SSSR count). The third-order valence-electron chi connectivity index (χ3n) is 2.27. The van der Waals surface area contributed by atoms with Crippen LogP contribution >= 0.6 is 0 Å². The quantitative estimate of drug-likeness (QED) is 0.646. The zero-order valence-electron chi connectivity index (χ0n) is 10.5. The highest BCUT2D eigenvalue weighted by molar-refractivity contribution is 6.01. The number of likely N-dealkylation sites (N-methyl/N-ethyl adjacent to an activating group) is 1. The molecule has 0 saturated carbocycles. The Kier molecular flexibility index (Phi) is 4.33. The Hall–Kier alpha value is -2.48. The fraction of sp³-hybridized carbons (Fsp3) is 0.231. The number of ether oxygens (including phenoxy) is 1. The highest BCUT2D eigenvalue weighted by atomic mass is 16.5. The van der Waals surface area contributed by atoms with Crippen LogP contribution in [0.5, 0.6) is 11.5 Å².